The minimum absolute atomic E-state index is 0.179. The highest BCUT2D eigenvalue weighted by Crippen LogP contribution is 2.29. The van der Waals surface area contributed by atoms with Gasteiger partial charge in [-0.15, -0.1) is 0 Å². The number of benzene rings is 2. The van der Waals surface area contributed by atoms with Crippen molar-refractivity contribution in [2.75, 3.05) is 0 Å². The fourth-order valence-corrected chi connectivity index (χ4v) is 2.28. The maximum atomic E-state index is 12.7. The molecule has 0 aliphatic rings. The lowest BCUT2D eigenvalue weighted by Crippen LogP contribution is -2.09. The van der Waals surface area contributed by atoms with E-state index in [0.717, 1.165) is 29.3 Å². The summed E-state index contributed by atoms with van der Waals surface area (Å²) in [5, 5.41) is 3.81. The van der Waals surface area contributed by atoms with Crippen molar-refractivity contribution in [1.29, 1.82) is 0 Å². The van der Waals surface area contributed by atoms with Gasteiger partial charge in [0.05, 0.1) is 11.1 Å². The maximum absolute atomic E-state index is 12.7. The Balaban J connectivity index is 1.66. The summed E-state index contributed by atoms with van der Waals surface area (Å²) >= 11 is 0. The van der Waals surface area contributed by atoms with Gasteiger partial charge >= 0.3 is 12.1 Å². The summed E-state index contributed by atoms with van der Waals surface area (Å²) in [6.45, 7) is 1.76. The summed E-state index contributed by atoms with van der Waals surface area (Å²) in [7, 11) is 0. The summed E-state index contributed by atoms with van der Waals surface area (Å²) in [6.07, 6.45) is -4.52. The average Bonchev–Trinajstić information content (AvgIpc) is 3.08. The van der Waals surface area contributed by atoms with Crippen LogP contribution in [-0.4, -0.2) is 11.1 Å². The second-order valence-electron chi connectivity index (χ2n) is 5.70. The first-order valence-electron chi connectivity index (χ1n) is 7.70. The topological polar surface area (TPSA) is 52.3 Å². The molecular weight excluding hydrogens is 347 g/mol. The van der Waals surface area contributed by atoms with Gasteiger partial charge in [-0.25, -0.2) is 4.79 Å². The summed E-state index contributed by atoms with van der Waals surface area (Å²) in [5.41, 5.74) is 1.19. The first-order chi connectivity index (χ1) is 12.3. The molecule has 1 heterocycles. The van der Waals surface area contributed by atoms with E-state index in [9.17, 15) is 18.0 Å². The number of alkyl halides is 3. The number of carbonyl (C=O) groups excluding carboxylic acids is 1. The monoisotopic (exact) mass is 361 g/mol. The van der Waals surface area contributed by atoms with Crippen molar-refractivity contribution < 1.29 is 27.2 Å². The van der Waals surface area contributed by atoms with Crippen LogP contribution >= 0.6 is 0 Å². The Morgan fingerprint density at radius 1 is 1.12 bits per heavy atom. The van der Waals surface area contributed by atoms with Gasteiger partial charge in [0.1, 0.15) is 12.3 Å². The minimum atomic E-state index is -4.52. The van der Waals surface area contributed by atoms with Crippen LogP contribution in [-0.2, 0) is 17.5 Å². The van der Waals surface area contributed by atoms with Crippen LogP contribution in [0.5, 0.6) is 0 Å². The molecule has 7 heteroatoms. The molecule has 1 aromatic heterocycles. The highest BCUT2D eigenvalue weighted by Gasteiger charge is 2.31. The Morgan fingerprint density at radius 3 is 2.54 bits per heavy atom. The number of aromatic nitrogens is 1. The lowest BCUT2D eigenvalue weighted by molar-refractivity contribution is -0.137. The van der Waals surface area contributed by atoms with E-state index >= 15 is 0 Å². The molecule has 3 rings (SSSR count). The van der Waals surface area contributed by atoms with Crippen LogP contribution in [0.4, 0.5) is 13.2 Å². The zero-order chi connectivity index (χ0) is 18.7. The highest BCUT2D eigenvalue weighted by molar-refractivity contribution is 5.89. The number of nitrogens with zero attached hydrogens (tertiary/aromatic N) is 1. The molecule has 134 valence electrons. The SMILES string of the molecule is Cc1ccc(-c2cc(COC(=O)c3cccc(C(F)(F)F)c3)no2)cc1. The molecule has 0 aliphatic heterocycles. The second kappa shape index (κ2) is 7.03. The van der Waals surface area contributed by atoms with Crippen molar-refractivity contribution in [2.45, 2.75) is 19.7 Å². The Hall–Kier alpha value is -3.09. The standard InChI is InChI=1S/C19H14F3NO3/c1-12-5-7-13(8-6-12)17-10-16(23-26-17)11-25-18(24)14-3-2-4-15(9-14)19(20,21)22/h2-10H,11H2,1H3. The van der Waals surface area contributed by atoms with Gasteiger partial charge in [-0.3, -0.25) is 0 Å². The third-order valence-corrected chi connectivity index (χ3v) is 3.67. The van der Waals surface area contributed by atoms with Gasteiger partial charge in [0, 0.05) is 11.6 Å². The van der Waals surface area contributed by atoms with Crippen LogP contribution in [0, 0.1) is 6.92 Å². The van der Waals surface area contributed by atoms with Crippen LogP contribution in [0.3, 0.4) is 0 Å². The van der Waals surface area contributed by atoms with Crippen LogP contribution in [0.1, 0.15) is 27.2 Å². The first kappa shape index (κ1) is 17.7. The van der Waals surface area contributed by atoms with Gasteiger partial charge in [-0.2, -0.15) is 13.2 Å². The molecule has 0 saturated heterocycles. The third kappa shape index (κ3) is 4.11. The van der Waals surface area contributed by atoms with Crippen molar-refractivity contribution in [1.82, 2.24) is 5.16 Å². The van der Waals surface area contributed by atoms with Crippen LogP contribution in [0.15, 0.2) is 59.1 Å². The first-order valence-corrected chi connectivity index (χ1v) is 7.70. The van der Waals surface area contributed by atoms with E-state index in [4.69, 9.17) is 9.26 Å². The smallest absolute Gasteiger partial charge is 0.416 e. The Labute approximate surface area is 147 Å². The second-order valence-corrected chi connectivity index (χ2v) is 5.70. The third-order valence-electron chi connectivity index (χ3n) is 3.67. The van der Waals surface area contributed by atoms with Gasteiger partial charge < -0.3 is 9.26 Å². The minimum Gasteiger partial charge on any atom is -0.455 e. The summed E-state index contributed by atoms with van der Waals surface area (Å²) in [4.78, 5) is 12.0. The average molecular weight is 361 g/mol. The largest absolute Gasteiger partial charge is 0.455 e. The lowest BCUT2D eigenvalue weighted by Gasteiger charge is -2.08. The van der Waals surface area contributed by atoms with Gasteiger partial charge in [-0.1, -0.05) is 41.1 Å². The number of halogens is 3. The van der Waals surface area contributed by atoms with E-state index in [2.05, 4.69) is 5.16 Å². The number of hydrogen-bond acceptors (Lipinski definition) is 4. The van der Waals surface area contributed by atoms with E-state index < -0.39 is 17.7 Å². The van der Waals surface area contributed by atoms with E-state index in [1.54, 1.807) is 6.07 Å². The molecule has 0 spiro atoms. The zero-order valence-electron chi connectivity index (χ0n) is 13.7. The van der Waals surface area contributed by atoms with Crippen LogP contribution < -0.4 is 0 Å². The van der Waals surface area contributed by atoms with Gasteiger partial charge in [-0.05, 0) is 25.1 Å². The van der Waals surface area contributed by atoms with Crippen molar-refractivity contribution in [2.24, 2.45) is 0 Å². The van der Waals surface area contributed by atoms with E-state index in [-0.39, 0.29) is 12.2 Å². The molecule has 0 atom stereocenters. The number of esters is 1. The Bertz CT molecular complexity index is 914. The molecule has 0 fully saturated rings. The highest BCUT2D eigenvalue weighted by atomic mass is 19.4. The van der Waals surface area contributed by atoms with Crippen molar-refractivity contribution in [3.8, 4) is 11.3 Å². The molecule has 0 aliphatic carbocycles. The fraction of sp³-hybridized carbons (Fsp3) is 0.158. The van der Waals surface area contributed by atoms with Gasteiger partial charge in [0.15, 0.2) is 5.76 Å². The molecule has 26 heavy (non-hydrogen) atoms. The number of aryl methyl sites for hydroxylation is 1. The predicted molar refractivity (Wildman–Crippen MR) is 87.2 cm³/mol. The number of rotatable bonds is 4. The molecule has 4 nitrogen and oxygen atoms in total. The number of ether oxygens (including phenoxy) is 1. The van der Waals surface area contributed by atoms with E-state index in [1.165, 1.54) is 6.07 Å². The summed E-state index contributed by atoms with van der Waals surface area (Å²) in [6, 6.07) is 13.3. The van der Waals surface area contributed by atoms with Gasteiger partial charge in [0.25, 0.3) is 0 Å². The van der Waals surface area contributed by atoms with Crippen molar-refractivity contribution in [3.05, 3.63) is 77.0 Å². The Kier molecular flexibility index (Phi) is 4.79. The van der Waals surface area contributed by atoms with E-state index in [0.29, 0.717) is 11.5 Å². The maximum Gasteiger partial charge on any atom is 0.416 e. The molecule has 2 aromatic carbocycles. The molecule has 0 radical (unpaired) electrons. The predicted octanol–water partition coefficient (Wildman–Crippen LogP) is 5.03. The fourth-order valence-electron chi connectivity index (χ4n) is 2.28. The molecule has 0 amide bonds. The summed E-state index contributed by atoms with van der Waals surface area (Å²) in [5.74, 6) is -0.355. The quantitative estimate of drug-likeness (QED) is 0.612. The zero-order valence-corrected chi connectivity index (χ0v) is 13.7. The van der Waals surface area contributed by atoms with Crippen LogP contribution in [0.25, 0.3) is 11.3 Å². The van der Waals surface area contributed by atoms with Gasteiger partial charge in [0.2, 0.25) is 0 Å². The number of hydrogen-bond donors (Lipinski definition) is 0. The van der Waals surface area contributed by atoms with Crippen molar-refractivity contribution in [3.63, 3.8) is 0 Å². The molecule has 0 bridgehead atoms. The lowest BCUT2D eigenvalue weighted by atomic mass is 10.1. The van der Waals surface area contributed by atoms with E-state index in [1.807, 2.05) is 31.2 Å². The van der Waals surface area contributed by atoms with Crippen molar-refractivity contribution >= 4 is 5.97 Å². The molecular formula is C19H14F3NO3. The summed E-state index contributed by atoms with van der Waals surface area (Å²) < 4.78 is 48.3. The molecule has 3 aromatic rings. The molecule has 0 N–H and O–H groups in total. The normalized spacial score (nSPS) is 11.4. The number of carbonyl (C=O) groups is 1. The van der Waals surface area contributed by atoms with Crippen LogP contribution in [0.2, 0.25) is 0 Å². The molecule has 0 unspecified atom stereocenters. The molecule has 0 saturated carbocycles. The Morgan fingerprint density at radius 2 is 1.85 bits per heavy atom.